The van der Waals surface area contributed by atoms with E-state index in [4.69, 9.17) is 0 Å². The Morgan fingerprint density at radius 1 is 1.33 bits per heavy atom. The lowest BCUT2D eigenvalue weighted by Gasteiger charge is -2.11. The van der Waals surface area contributed by atoms with Crippen LogP contribution >= 0.6 is 0 Å². The standard InChI is InChI=1S/C12H12N2O/c1-7-2-3-8-10(6-7)14-9-4-5-13-12(15)11(8)9/h2-3,6,14H,4-5H2,1H3,(H,13,15). The number of H-pyrrole nitrogens is 1. The van der Waals surface area contributed by atoms with Gasteiger partial charge in [0.05, 0.1) is 5.56 Å². The molecule has 1 aromatic carbocycles. The van der Waals surface area contributed by atoms with Gasteiger partial charge in [0, 0.05) is 29.6 Å². The normalized spacial score (nSPS) is 15.1. The van der Waals surface area contributed by atoms with Crippen LogP contribution in [0.3, 0.4) is 0 Å². The minimum atomic E-state index is 0.0475. The molecule has 2 N–H and O–H groups in total. The Morgan fingerprint density at radius 3 is 3.07 bits per heavy atom. The summed E-state index contributed by atoms with van der Waals surface area (Å²) in [5.74, 6) is 0.0475. The van der Waals surface area contributed by atoms with Crippen LogP contribution in [0.2, 0.25) is 0 Å². The number of amides is 1. The minimum Gasteiger partial charge on any atom is -0.358 e. The lowest BCUT2D eigenvalue weighted by Crippen LogP contribution is -2.31. The fourth-order valence-electron chi connectivity index (χ4n) is 2.20. The lowest BCUT2D eigenvalue weighted by atomic mass is 10.0. The molecule has 2 aromatic rings. The molecule has 0 saturated heterocycles. The molecule has 0 aliphatic carbocycles. The van der Waals surface area contributed by atoms with Crippen LogP contribution < -0.4 is 5.32 Å². The second-order valence-corrected chi connectivity index (χ2v) is 4.03. The van der Waals surface area contributed by atoms with E-state index >= 15 is 0 Å². The SMILES string of the molecule is Cc1ccc2c3c([nH]c2c1)CCNC3=O. The molecule has 76 valence electrons. The van der Waals surface area contributed by atoms with Gasteiger partial charge in [-0.05, 0) is 18.6 Å². The van der Waals surface area contributed by atoms with E-state index in [2.05, 4.69) is 23.3 Å². The van der Waals surface area contributed by atoms with E-state index in [0.29, 0.717) is 0 Å². The van der Waals surface area contributed by atoms with Gasteiger partial charge in [0.1, 0.15) is 0 Å². The van der Waals surface area contributed by atoms with Crippen LogP contribution in [0.25, 0.3) is 10.9 Å². The molecule has 0 atom stereocenters. The number of aromatic amines is 1. The van der Waals surface area contributed by atoms with Gasteiger partial charge in [-0.25, -0.2) is 0 Å². The quantitative estimate of drug-likeness (QED) is 0.668. The maximum absolute atomic E-state index is 11.7. The van der Waals surface area contributed by atoms with Crippen LogP contribution in [0, 0.1) is 6.92 Å². The highest BCUT2D eigenvalue weighted by molar-refractivity contribution is 6.08. The molecule has 3 nitrogen and oxygen atoms in total. The number of aryl methyl sites for hydroxylation is 1. The number of fused-ring (bicyclic) bond motifs is 3. The van der Waals surface area contributed by atoms with Crippen molar-refractivity contribution >= 4 is 16.8 Å². The largest absolute Gasteiger partial charge is 0.358 e. The second-order valence-electron chi connectivity index (χ2n) is 4.03. The molecular formula is C12H12N2O. The summed E-state index contributed by atoms with van der Waals surface area (Å²) < 4.78 is 0. The van der Waals surface area contributed by atoms with E-state index < -0.39 is 0 Å². The monoisotopic (exact) mass is 200 g/mol. The summed E-state index contributed by atoms with van der Waals surface area (Å²) in [5.41, 5.74) is 4.18. The molecule has 2 heterocycles. The number of rotatable bonds is 0. The first-order valence-electron chi connectivity index (χ1n) is 5.15. The molecule has 0 spiro atoms. The average Bonchev–Trinajstić information content (AvgIpc) is 2.56. The van der Waals surface area contributed by atoms with Crippen molar-refractivity contribution in [2.24, 2.45) is 0 Å². The van der Waals surface area contributed by atoms with Crippen molar-refractivity contribution in [2.45, 2.75) is 13.3 Å². The second kappa shape index (κ2) is 2.86. The third-order valence-corrected chi connectivity index (χ3v) is 2.92. The summed E-state index contributed by atoms with van der Waals surface area (Å²) in [7, 11) is 0. The van der Waals surface area contributed by atoms with E-state index in [-0.39, 0.29) is 5.91 Å². The number of nitrogens with one attached hydrogen (secondary N) is 2. The van der Waals surface area contributed by atoms with Gasteiger partial charge in [0.2, 0.25) is 0 Å². The van der Waals surface area contributed by atoms with Crippen molar-refractivity contribution in [1.82, 2.24) is 10.3 Å². The van der Waals surface area contributed by atoms with Crippen LogP contribution in [-0.4, -0.2) is 17.4 Å². The van der Waals surface area contributed by atoms with Crippen LogP contribution in [-0.2, 0) is 6.42 Å². The van der Waals surface area contributed by atoms with Crippen molar-refractivity contribution in [2.75, 3.05) is 6.54 Å². The van der Waals surface area contributed by atoms with E-state index in [1.807, 2.05) is 12.1 Å². The van der Waals surface area contributed by atoms with Gasteiger partial charge in [-0.2, -0.15) is 0 Å². The first-order chi connectivity index (χ1) is 7.25. The topological polar surface area (TPSA) is 44.9 Å². The zero-order chi connectivity index (χ0) is 10.4. The van der Waals surface area contributed by atoms with Crippen LogP contribution in [0.4, 0.5) is 0 Å². The van der Waals surface area contributed by atoms with Gasteiger partial charge < -0.3 is 10.3 Å². The molecule has 1 aromatic heterocycles. The highest BCUT2D eigenvalue weighted by atomic mass is 16.1. The van der Waals surface area contributed by atoms with Crippen molar-refractivity contribution in [3.05, 3.63) is 35.0 Å². The average molecular weight is 200 g/mol. The first kappa shape index (κ1) is 8.53. The van der Waals surface area contributed by atoms with E-state index in [1.165, 1.54) is 5.56 Å². The zero-order valence-corrected chi connectivity index (χ0v) is 8.55. The highest BCUT2D eigenvalue weighted by Crippen LogP contribution is 2.25. The number of hydrogen-bond acceptors (Lipinski definition) is 1. The van der Waals surface area contributed by atoms with E-state index in [1.54, 1.807) is 0 Å². The number of benzene rings is 1. The molecule has 0 saturated carbocycles. The molecule has 15 heavy (non-hydrogen) atoms. The molecule has 3 heteroatoms. The molecule has 1 amide bonds. The van der Waals surface area contributed by atoms with Crippen molar-refractivity contribution in [1.29, 1.82) is 0 Å². The lowest BCUT2D eigenvalue weighted by molar-refractivity contribution is 0.0947. The Morgan fingerprint density at radius 2 is 2.20 bits per heavy atom. The predicted octanol–water partition coefficient (Wildman–Crippen LogP) is 1.76. The zero-order valence-electron chi connectivity index (χ0n) is 8.55. The number of carbonyl (C=O) groups excluding carboxylic acids is 1. The Hall–Kier alpha value is -1.77. The first-order valence-corrected chi connectivity index (χ1v) is 5.15. The number of carbonyl (C=O) groups is 1. The van der Waals surface area contributed by atoms with Gasteiger partial charge in [-0.1, -0.05) is 12.1 Å². The third-order valence-electron chi connectivity index (χ3n) is 2.92. The van der Waals surface area contributed by atoms with Gasteiger partial charge in [-0.3, -0.25) is 4.79 Å². The predicted molar refractivity (Wildman–Crippen MR) is 59.1 cm³/mol. The summed E-state index contributed by atoms with van der Waals surface area (Å²) in [4.78, 5) is 15.0. The molecule has 0 bridgehead atoms. The Bertz CT molecular complexity index is 554. The maximum Gasteiger partial charge on any atom is 0.253 e. The molecule has 1 aliphatic rings. The smallest absolute Gasteiger partial charge is 0.253 e. The molecular weight excluding hydrogens is 188 g/mol. The van der Waals surface area contributed by atoms with E-state index in [0.717, 1.165) is 35.1 Å². The van der Waals surface area contributed by atoms with E-state index in [9.17, 15) is 4.79 Å². The Kier molecular flexibility index (Phi) is 1.63. The van der Waals surface area contributed by atoms with Crippen LogP contribution in [0.5, 0.6) is 0 Å². The molecule has 0 unspecified atom stereocenters. The van der Waals surface area contributed by atoms with Gasteiger partial charge in [0.25, 0.3) is 5.91 Å². The number of aromatic nitrogens is 1. The summed E-state index contributed by atoms with van der Waals surface area (Å²) in [6.07, 6.45) is 0.898. The molecule has 0 fully saturated rings. The van der Waals surface area contributed by atoms with Gasteiger partial charge in [0.15, 0.2) is 0 Å². The maximum atomic E-state index is 11.7. The molecule has 3 rings (SSSR count). The van der Waals surface area contributed by atoms with Gasteiger partial charge >= 0.3 is 0 Å². The van der Waals surface area contributed by atoms with Crippen molar-refractivity contribution in [3.63, 3.8) is 0 Å². The molecule has 1 aliphatic heterocycles. The summed E-state index contributed by atoms with van der Waals surface area (Å²) in [6, 6.07) is 6.14. The van der Waals surface area contributed by atoms with Crippen LogP contribution in [0.15, 0.2) is 18.2 Å². The fraction of sp³-hybridized carbons (Fsp3) is 0.250. The van der Waals surface area contributed by atoms with Crippen LogP contribution in [0.1, 0.15) is 21.6 Å². The number of hydrogen-bond donors (Lipinski definition) is 2. The fourth-order valence-corrected chi connectivity index (χ4v) is 2.20. The van der Waals surface area contributed by atoms with Gasteiger partial charge in [-0.15, -0.1) is 0 Å². The third kappa shape index (κ3) is 1.16. The van der Waals surface area contributed by atoms with Crippen molar-refractivity contribution in [3.8, 4) is 0 Å². The minimum absolute atomic E-state index is 0.0475. The summed E-state index contributed by atoms with van der Waals surface area (Å²) in [5, 5.41) is 3.91. The Balaban J connectivity index is 2.36. The summed E-state index contributed by atoms with van der Waals surface area (Å²) >= 11 is 0. The van der Waals surface area contributed by atoms with Crippen molar-refractivity contribution < 1.29 is 4.79 Å². The Labute approximate surface area is 87.5 Å². The summed E-state index contributed by atoms with van der Waals surface area (Å²) in [6.45, 7) is 2.79. The molecule has 0 radical (unpaired) electrons. The highest BCUT2D eigenvalue weighted by Gasteiger charge is 2.21.